The number of fused-ring (bicyclic) bond motifs is 1. The van der Waals surface area contributed by atoms with Crippen molar-refractivity contribution in [2.45, 2.75) is 25.4 Å². The summed E-state index contributed by atoms with van der Waals surface area (Å²) in [6, 6.07) is 8.88. The molecule has 4 nitrogen and oxygen atoms in total. The van der Waals surface area contributed by atoms with E-state index < -0.39 is 0 Å². The third kappa shape index (κ3) is 3.78. The molecule has 2 N–H and O–H groups in total. The van der Waals surface area contributed by atoms with Crippen molar-refractivity contribution in [2.75, 3.05) is 27.2 Å². The second-order valence-corrected chi connectivity index (χ2v) is 5.21. The summed E-state index contributed by atoms with van der Waals surface area (Å²) in [6.45, 7) is 2.68. The summed E-state index contributed by atoms with van der Waals surface area (Å²) in [5.74, 6) is 0.174. The molecule has 4 heteroatoms. The number of nitrogens with one attached hydrogen (secondary N) is 2. The standard InChI is InChI=1S/C15H23N3O/c1-18(2)15(19)8-10-17-14-7-9-16-11-12-5-3-4-6-13(12)14/h3-6,14,16-17H,7-11H2,1-2H3. The molecule has 0 fully saturated rings. The average molecular weight is 261 g/mol. The molecule has 104 valence electrons. The van der Waals surface area contributed by atoms with Gasteiger partial charge in [0.2, 0.25) is 5.91 Å². The minimum absolute atomic E-state index is 0.174. The van der Waals surface area contributed by atoms with Gasteiger partial charge >= 0.3 is 0 Å². The Kier molecular flexibility index (Phi) is 4.93. The van der Waals surface area contributed by atoms with E-state index in [1.165, 1.54) is 11.1 Å². The van der Waals surface area contributed by atoms with Gasteiger partial charge in [0.1, 0.15) is 0 Å². The minimum Gasteiger partial charge on any atom is -0.349 e. The number of rotatable bonds is 4. The van der Waals surface area contributed by atoms with Crippen LogP contribution in [0.4, 0.5) is 0 Å². The molecule has 1 aromatic carbocycles. The van der Waals surface area contributed by atoms with Crippen LogP contribution in [-0.4, -0.2) is 38.0 Å². The van der Waals surface area contributed by atoms with Crippen LogP contribution in [0.25, 0.3) is 0 Å². The number of hydrogen-bond acceptors (Lipinski definition) is 3. The molecular formula is C15H23N3O. The van der Waals surface area contributed by atoms with Crippen molar-refractivity contribution in [3.63, 3.8) is 0 Å². The number of hydrogen-bond donors (Lipinski definition) is 2. The second-order valence-electron chi connectivity index (χ2n) is 5.21. The van der Waals surface area contributed by atoms with Crippen molar-refractivity contribution in [2.24, 2.45) is 0 Å². The molecule has 1 heterocycles. The Morgan fingerprint density at radius 2 is 2.21 bits per heavy atom. The molecule has 1 aliphatic rings. The Bertz CT molecular complexity index is 431. The van der Waals surface area contributed by atoms with Gasteiger partial charge in [0, 0.05) is 39.6 Å². The van der Waals surface area contributed by atoms with Gasteiger partial charge in [-0.3, -0.25) is 4.79 Å². The van der Waals surface area contributed by atoms with E-state index in [9.17, 15) is 4.79 Å². The first-order chi connectivity index (χ1) is 9.18. The second kappa shape index (κ2) is 6.68. The minimum atomic E-state index is 0.174. The highest BCUT2D eigenvalue weighted by Crippen LogP contribution is 2.23. The van der Waals surface area contributed by atoms with E-state index in [1.807, 2.05) is 0 Å². The first kappa shape index (κ1) is 14.0. The Labute approximate surface area is 115 Å². The quantitative estimate of drug-likeness (QED) is 0.858. The number of benzene rings is 1. The predicted molar refractivity (Wildman–Crippen MR) is 76.8 cm³/mol. The summed E-state index contributed by atoms with van der Waals surface area (Å²) in [4.78, 5) is 13.2. The zero-order chi connectivity index (χ0) is 13.7. The van der Waals surface area contributed by atoms with Gasteiger partial charge in [-0.25, -0.2) is 0 Å². The number of carbonyl (C=O) groups excluding carboxylic acids is 1. The molecule has 1 amide bonds. The largest absolute Gasteiger partial charge is 0.349 e. The molecule has 2 rings (SSSR count). The summed E-state index contributed by atoms with van der Waals surface area (Å²) >= 11 is 0. The maximum atomic E-state index is 11.6. The van der Waals surface area contributed by atoms with Gasteiger partial charge in [-0.2, -0.15) is 0 Å². The fourth-order valence-corrected chi connectivity index (χ4v) is 2.45. The van der Waals surface area contributed by atoms with Gasteiger partial charge in [0.25, 0.3) is 0 Å². The molecule has 1 aromatic rings. The molecular weight excluding hydrogens is 238 g/mol. The van der Waals surface area contributed by atoms with Crippen LogP contribution < -0.4 is 10.6 Å². The van der Waals surface area contributed by atoms with Gasteiger partial charge in [0.15, 0.2) is 0 Å². The first-order valence-corrected chi connectivity index (χ1v) is 6.90. The van der Waals surface area contributed by atoms with Crippen molar-refractivity contribution in [1.82, 2.24) is 15.5 Å². The fraction of sp³-hybridized carbons (Fsp3) is 0.533. The lowest BCUT2D eigenvalue weighted by molar-refractivity contribution is -0.128. The van der Waals surface area contributed by atoms with Crippen LogP contribution >= 0.6 is 0 Å². The van der Waals surface area contributed by atoms with Gasteiger partial charge in [-0.05, 0) is 24.1 Å². The lowest BCUT2D eigenvalue weighted by Crippen LogP contribution is -2.29. The molecule has 0 saturated heterocycles. The zero-order valence-electron chi connectivity index (χ0n) is 11.8. The van der Waals surface area contributed by atoms with Crippen molar-refractivity contribution in [3.05, 3.63) is 35.4 Å². The maximum absolute atomic E-state index is 11.6. The first-order valence-electron chi connectivity index (χ1n) is 6.90. The summed E-state index contributed by atoms with van der Waals surface area (Å²) < 4.78 is 0. The Hall–Kier alpha value is -1.39. The summed E-state index contributed by atoms with van der Waals surface area (Å²) in [7, 11) is 3.60. The molecule has 0 aliphatic carbocycles. The fourth-order valence-electron chi connectivity index (χ4n) is 2.45. The smallest absolute Gasteiger partial charge is 0.223 e. The lowest BCUT2D eigenvalue weighted by atomic mass is 9.99. The van der Waals surface area contributed by atoms with Crippen LogP contribution in [0.5, 0.6) is 0 Å². The third-order valence-electron chi connectivity index (χ3n) is 3.58. The van der Waals surface area contributed by atoms with Crippen LogP contribution in [0.1, 0.15) is 30.0 Å². The average Bonchev–Trinajstić information content (AvgIpc) is 2.61. The van der Waals surface area contributed by atoms with Crippen LogP contribution in [0.3, 0.4) is 0 Å². The van der Waals surface area contributed by atoms with Crippen molar-refractivity contribution >= 4 is 5.91 Å². The van der Waals surface area contributed by atoms with Crippen LogP contribution in [0.15, 0.2) is 24.3 Å². The van der Waals surface area contributed by atoms with Gasteiger partial charge in [-0.15, -0.1) is 0 Å². The summed E-state index contributed by atoms with van der Waals surface area (Å²) in [5.41, 5.74) is 2.72. The Morgan fingerprint density at radius 3 is 3.00 bits per heavy atom. The van der Waals surface area contributed by atoms with Crippen LogP contribution in [0.2, 0.25) is 0 Å². The zero-order valence-corrected chi connectivity index (χ0v) is 11.8. The topological polar surface area (TPSA) is 44.4 Å². The number of amides is 1. The monoisotopic (exact) mass is 261 g/mol. The van der Waals surface area contributed by atoms with Crippen molar-refractivity contribution in [3.8, 4) is 0 Å². The highest BCUT2D eigenvalue weighted by atomic mass is 16.2. The van der Waals surface area contributed by atoms with E-state index in [4.69, 9.17) is 0 Å². The van der Waals surface area contributed by atoms with Gasteiger partial charge in [-0.1, -0.05) is 24.3 Å². The Balaban J connectivity index is 1.95. The van der Waals surface area contributed by atoms with E-state index >= 15 is 0 Å². The third-order valence-corrected chi connectivity index (χ3v) is 3.58. The number of carbonyl (C=O) groups is 1. The maximum Gasteiger partial charge on any atom is 0.223 e. The molecule has 1 aliphatic heterocycles. The van der Waals surface area contributed by atoms with E-state index in [0.717, 1.165) is 26.1 Å². The van der Waals surface area contributed by atoms with Crippen molar-refractivity contribution < 1.29 is 4.79 Å². The molecule has 0 radical (unpaired) electrons. The molecule has 0 aromatic heterocycles. The van der Waals surface area contributed by atoms with Gasteiger partial charge < -0.3 is 15.5 Å². The molecule has 0 bridgehead atoms. The van der Waals surface area contributed by atoms with Crippen LogP contribution in [0, 0.1) is 0 Å². The van der Waals surface area contributed by atoms with Crippen molar-refractivity contribution in [1.29, 1.82) is 0 Å². The Morgan fingerprint density at radius 1 is 1.42 bits per heavy atom. The highest BCUT2D eigenvalue weighted by molar-refractivity contribution is 5.75. The van der Waals surface area contributed by atoms with Gasteiger partial charge in [0.05, 0.1) is 0 Å². The normalized spacial score (nSPS) is 18.5. The highest BCUT2D eigenvalue weighted by Gasteiger charge is 2.17. The lowest BCUT2D eigenvalue weighted by Gasteiger charge is -2.19. The van der Waals surface area contributed by atoms with E-state index in [1.54, 1.807) is 19.0 Å². The van der Waals surface area contributed by atoms with E-state index in [0.29, 0.717) is 12.5 Å². The SMILES string of the molecule is CN(C)C(=O)CCNC1CCNCc2ccccc21. The molecule has 1 atom stereocenters. The summed E-state index contributed by atoms with van der Waals surface area (Å²) in [6.07, 6.45) is 1.62. The van der Waals surface area contributed by atoms with E-state index in [-0.39, 0.29) is 5.91 Å². The van der Waals surface area contributed by atoms with Crippen LogP contribution in [-0.2, 0) is 11.3 Å². The molecule has 0 spiro atoms. The summed E-state index contributed by atoms with van der Waals surface area (Å²) in [5, 5.41) is 6.95. The molecule has 19 heavy (non-hydrogen) atoms. The molecule has 0 saturated carbocycles. The van der Waals surface area contributed by atoms with E-state index in [2.05, 4.69) is 34.9 Å². The number of nitrogens with zero attached hydrogens (tertiary/aromatic N) is 1. The molecule has 1 unspecified atom stereocenters. The predicted octanol–water partition coefficient (Wildman–Crippen LogP) is 1.29.